The Morgan fingerprint density at radius 2 is 1.81 bits per heavy atom. The van der Waals surface area contributed by atoms with Gasteiger partial charge in [0.1, 0.15) is 5.75 Å². The molecule has 0 aliphatic carbocycles. The smallest absolute Gasteiger partial charge is 0.120 e. The first kappa shape index (κ1) is 13.4. The van der Waals surface area contributed by atoms with Crippen molar-refractivity contribution in [2.45, 2.75) is 19.9 Å². The number of fused-ring (bicyclic) bond motifs is 1. The summed E-state index contributed by atoms with van der Waals surface area (Å²) in [4.78, 5) is 4.62. The summed E-state index contributed by atoms with van der Waals surface area (Å²) in [6.07, 6.45) is 0. The Bertz CT molecular complexity index is 783. The number of benzene rings is 2. The zero-order valence-corrected chi connectivity index (χ0v) is 12.2. The van der Waals surface area contributed by atoms with Gasteiger partial charge in [0, 0.05) is 16.6 Å². The molecule has 0 fully saturated rings. The lowest BCUT2D eigenvalue weighted by atomic mass is 10.1. The van der Waals surface area contributed by atoms with Crippen LogP contribution in [0.15, 0.2) is 54.6 Å². The summed E-state index contributed by atoms with van der Waals surface area (Å²) < 4.78 is 0. The van der Waals surface area contributed by atoms with E-state index in [1.165, 1.54) is 0 Å². The third kappa shape index (κ3) is 2.68. The third-order valence-electron chi connectivity index (χ3n) is 3.63. The van der Waals surface area contributed by atoms with Crippen molar-refractivity contribution < 1.29 is 5.11 Å². The molecule has 0 amide bonds. The highest BCUT2D eigenvalue weighted by molar-refractivity contribution is 5.90. The molecule has 2 aromatic carbocycles. The lowest BCUT2D eigenvalue weighted by Gasteiger charge is -2.18. The highest BCUT2D eigenvalue weighted by Gasteiger charge is 2.11. The van der Waals surface area contributed by atoms with Gasteiger partial charge in [0.05, 0.1) is 17.2 Å². The molecule has 0 radical (unpaired) electrons. The van der Waals surface area contributed by atoms with Crippen molar-refractivity contribution in [3.63, 3.8) is 0 Å². The Morgan fingerprint density at radius 1 is 1.00 bits per heavy atom. The largest absolute Gasteiger partial charge is 0.508 e. The van der Waals surface area contributed by atoms with Crippen LogP contribution in [-0.4, -0.2) is 10.1 Å². The second kappa shape index (κ2) is 5.44. The van der Waals surface area contributed by atoms with Gasteiger partial charge in [-0.2, -0.15) is 0 Å². The highest BCUT2D eigenvalue weighted by Crippen LogP contribution is 2.29. The monoisotopic (exact) mass is 278 g/mol. The standard InChI is InChI=1S/C18H18N2O/c1-12-10-11-14-6-5-8-16(18(14)19-12)20-13(2)15-7-3-4-9-17(15)21/h3-11,13,20-21H,1-2H3. The van der Waals surface area contributed by atoms with Gasteiger partial charge in [-0.15, -0.1) is 0 Å². The summed E-state index contributed by atoms with van der Waals surface area (Å²) in [7, 11) is 0. The number of hydrogen-bond donors (Lipinski definition) is 2. The van der Waals surface area contributed by atoms with Gasteiger partial charge >= 0.3 is 0 Å². The molecular weight excluding hydrogens is 260 g/mol. The fraction of sp³-hybridized carbons (Fsp3) is 0.167. The summed E-state index contributed by atoms with van der Waals surface area (Å²) in [5.41, 5.74) is 3.81. The quantitative estimate of drug-likeness (QED) is 0.745. The molecule has 0 bridgehead atoms. The van der Waals surface area contributed by atoms with Crippen molar-refractivity contribution >= 4 is 16.6 Å². The first-order valence-corrected chi connectivity index (χ1v) is 7.06. The van der Waals surface area contributed by atoms with E-state index >= 15 is 0 Å². The van der Waals surface area contributed by atoms with E-state index in [1.54, 1.807) is 6.07 Å². The van der Waals surface area contributed by atoms with E-state index in [1.807, 2.05) is 50.2 Å². The molecule has 1 heterocycles. The number of aromatic hydroxyl groups is 1. The summed E-state index contributed by atoms with van der Waals surface area (Å²) in [5.74, 6) is 0.307. The zero-order chi connectivity index (χ0) is 14.8. The number of phenolic OH excluding ortho intramolecular Hbond substituents is 1. The molecule has 0 aliphatic rings. The fourth-order valence-electron chi connectivity index (χ4n) is 2.53. The van der Waals surface area contributed by atoms with Crippen LogP contribution >= 0.6 is 0 Å². The fourth-order valence-corrected chi connectivity index (χ4v) is 2.53. The van der Waals surface area contributed by atoms with Crippen molar-refractivity contribution in [3.05, 3.63) is 65.9 Å². The van der Waals surface area contributed by atoms with Crippen LogP contribution in [-0.2, 0) is 0 Å². The van der Waals surface area contributed by atoms with Gasteiger partial charge in [-0.05, 0) is 32.0 Å². The number of para-hydroxylation sites is 2. The van der Waals surface area contributed by atoms with Gasteiger partial charge in [-0.25, -0.2) is 0 Å². The van der Waals surface area contributed by atoms with Crippen molar-refractivity contribution in [1.29, 1.82) is 0 Å². The van der Waals surface area contributed by atoms with E-state index in [-0.39, 0.29) is 6.04 Å². The number of hydrogen-bond acceptors (Lipinski definition) is 3. The average Bonchev–Trinajstić information content (AvgIpc) is 2.48. The molecule has 3 rings (SSSR count). The predicted octanol–water partition coefficient (Wildman–Crippen LogP) is 4.42. The Morgan fingerprint density at radius 3 is 2.62 bits per heavy atom. The molecule has 1 atom stereocenters. The molecule has 3 heteroatoms. The van der Waals surface area contributed by atoms with E-state index in [2.05, 4.69) is 22.4 Å². The van der Waals surface area contributed by atoms with Crippen molar-refractivity contribution in [1.82, 2.24) is 4.98 Å². The van der Waals surface area contributed by atoms with E-state index in [9.17, 15) is 5.11 Å². The topological polar surface area (TPSA) is 45.1 Å². The van der Waals surface area contributed by atoms with Gasteiger partial charge in [-0.3, -0.25) is 4.98 Å². The Hall–Kier alpha value is -2.55. The molecule has 0 saturated carbocycles. The summed E-state index contributed by atoms with van der Waals surface area (Å²) >= 11 is 0. The highest BCUT2D eigenvalue weighted by atomic mass is 16.3. The molecule has 3 aromatic rings. The molecule has 3 nitrogen and oxygen atoms in total. The van der Waals surface area contributed by atoms with Gasteiger partial charge in [0.15, 0.2) is 0 Å². The van der Waals surface area contributed by atoms with Crippen LogP contribution in [0.3, 0.4) is 0 Å². The number of anilines is 1. The molecule has 1 unspecified atom stereocenters. The Balaban J connectivity index is 1.98. The van der Waals surface area contributed by atoms with E-state index in [4.69, 9.17) is 0 Å². The van der Waals surface area contributed by atoms with E-state index < -0.39 is 0 Å². The SMILES string of the molecule is Cc1ccc2cccc(NC(C)c3ccccc3O)c2n1. The molecule has 106 valence electrons. The molecule has 2 N–H and O–H groups in total. The van der Waals surface area contributed by atoms with Crippen molar-refractivity contribution in [2.24, 2.45) is 0 Å². The molecular formula is C18H18N2O. The molecule has 0 saturated heterocycles. The maximum absolute atomic E-state index is 9.96. The Kier molecular flexibility index (Phi) is 3.48. The van der Waals surface area contributed by atoms with Crippen LogP contribution in [0.25, 0.3) is 10.9 Å². The molecule has 21 heavy (non-hydrogen) atoms. The number of pyridine rings is 1. The number of nitrogens with one attached hydrogen (secondary N) is 1. The average molecular weight is 278 g/mol. The van der Waals surface area contributed by atoms with Crippen LogP contribution in [0.5, 0.6) is 5.75 Å². The lowest BCUT2D eigenvalue weighted by Crippen LogP contribution is -2.07. The van der Waals surface area contributed by atoms with Crippen molar-refractivity contribution in [3.8, 4) is 5.75 Å². The van der Waals surface area contributed by atoms with E-state index in [0.717, 1.165) is 27.8 Å². The predicted molar refractivity (Wildman–Crippen MR) is 86.6 cm³/mol. The van der Waals surface area contributed by atoms with Crippen molar-refractivity contribution in [2.75, 3.05) is 5.32 Å². The number of aromatic nitrogens is 1. The Labute approximate surface area is 124 Å². The van der Waals surface area contributed by atoms with Gasteiger partial charge in [0.25, 0.3) is 0 Å². The number of rotatable bonds is 3. The van der Waals surface area contributed by atoms with E-state index in [0.29, 0.717) is 5.75 Å². The first-order valence-electron chi connectivity index (χ1n) is 7.06. The minimum atomic E-state index is -0.000822. The second-order valence-electron chi connectivity index (χ2n) is 5.25. The lowest BCUT2D eigenvalue weighted by molar-refractivity contribution is 0.465. The van der Waals surface area contributed by atoms with Gasteiger partial charge in [0.2, 0.25) is 0 Å². The summed E-state index contributed by atoms with van der Waals surface area (Å²) in [5, 5.41) is 14.5. The van der Waals surface area contributed by atoms with Gasteiger partial charge < -0.3 is 10.4 Å². The van der Waals surface area contributed by atoms with Crippen LogP contribution < -0.4 is 5.32 Å². The second-order valence-corrected chi connectivity index (χ2v) is 5.25. The number of aryl methyl sites for hydroxylation is 1. The first-order chi connectivity index (χ1) is 10.1. The van der Waals surface area contributed by atoms with Crippen LogP contribution in [0.1, 0.15) is 24.2 Å². The molecule has 0 spiro atoms. The van der Waals surface area contributed by atoms with Crippen LogP contribution in [0, 0.1) is 6.92 Å². The van der Waals surface area contributed by atoms with Gasteiger partial charge in [-0.1, -0.05) is 36.4 Å². The van der Waals surface area contributed by atoms with Crippen LogP contribution in [0.4, 0.5) is 5.69 Å². The molecule has 1 aromatic heterocycles. The minimum Gasteiger partial charge on any atom is -0.508 e. The number of nitrogens with zero attached hydrogens (tertiary/aromatic N) is 1. The molecule has 0 aliphatic heterocycles. The van der Waals surface area contributed by atoms with Crippen LogP contribution in [0.2, 0.25) is 0 Å². The summed E-state index contributed by atoms with van der Waals surface area (Å²) in [6, 6.07) is 17.6. The maximum atomic E-state index is 9.96. The zero-order valence-electron chi connectivity index (χ0n) is 12.2. The third-order valence-corrected chi connectivity index (χ3v) is 3.63. The number of phenols is 1. The maximum Gasteiger partial charge on any atom is 0.120 e. The normalized spacial score (nSPS) is 12.3. The minimum absolute atomic E-state index is 0.000822. The summed E-state index contributed by atoms with van der Waals surface area (Å²) in [6.45, 7) is 4.02.